The fourth-order valence-electron chi connectivity index (χ4n) is 0.265. The molecule has 66 valence electrons. The minimum Gasteiger partial charge on any atom is -0.488 e. The number of carbonyl (C=O) groups is 1. The van der Waals surface area contributed by atoms with Gasteiger partial charge in [0, 0.05) is 0 Å². The molecule has 3 nitrogen and oxygen atoms in total. The van der Waals surface area contributed by atoms with Crippen molar-refractivity contribution in [2.45, 2.75) is 12.3 Å². The maximum Gasteiger partial charge on any atom is 0.373 e. The molecule has 0 aromatic rings. The van der Waals surface area contributed by atoms with Crippen molar-refractivity contribution in [2.24, 2.45) is 0 Å². The van der Waals surface area contributed by atoms with Gasteiger partial charge < -0.3 is 14.6 Å². The molecule has 0 heterocycles. The van der Waals surface area contributed by atoms with Crippen molar-refractivity contribution in [3.63, 3.8) is 0 Å². The van der Waals surface area contributed by atoms with Gasteiger partial charge in [-0.2, -0.15) is 8.78 Å². The van der Waals surface area contributed by atoms with Crippen LogP contribution in [0.2, 0.25) is 0 Å². The van der Waals surface area contributed by atoms with E-state index in [0.29, 0.717) is 0 Å². The van der Waals surface area contributed by atoms with Gasteiger partial charge in [-0.1, -0.05) is 0 Å². The number of carbonyl (C=O) groups excluding carboxylic acids is 1. The molecule has 0 saturated heterocycles. The van der Waals surface area contributed by atoms with E-state index in [4.69, 9.17) is 0 Å². The molecule has 0 aliphatic rings. The van der Waals surface area contributed by atoms with Gasteiger partial charge in [-0.25, -0.2) is 8.78 Å². The van der Waals surface area contributed by atoms with Crippen LogP contribution in [0.3, 0.4) is 0 Å². The van der Waals surface area contributed by atoms with Crippen LogP contribution < -0.4 is 5.11 Å². The van der Waals surface area contributed by atoms with E-state index >= 15 is 0 Å². The lowest BCUT2D eigenvalue weighted by Gasteiger charge is -2.22. The van der Waals surface area contributed by atoms with Crippen LogP contribution in [-0.2, 0) is 4.74 Å². The van der Waals surface area contributed by atoms with E-state index in [1.54, 1.807) is 0 Å². The zero-order valence-electron chi connectivity index (χ0n) is 5.02. The Morgan fingerprint density at radius 2 is 2.09 bits per heavy atom. The molecule has 0 radical (unpaired) electrons. The largest absolute Gasteiger partial charge is 0.488 e. The SMILES string of the molecule is O=C([O-])OC(F)(F)C(F)CF. The fraction of sp³-hybridized carbons (Fsp3) is 0.750. The summed E-state index contributed by atoms with van der Waals surface area (Å²) in [6, 6.07) is 0. The Kier molecular flexibility index (Phi) is 3.09. The Labute approximate surface area is 58.6 Å². The molecule has 0 N–H and O–H groups in total. The fourth-order valence-corrected chi connectivity index (χ4v) is 0.265. The Balaban J connectivity index is 4.08. The summed E-state index contributed by atoms with van der Waals surface area (Å²) in [5, 5.41) is 9.33. The number of ether oxygens (including phenoxy) is 1. The topological polar surface area (TPSA) is 49.4 Å². The molecular weight excluding hydrogens is 172 g/mol. The highest BCUT2D eigenvalue weighted by Gasteiger charge is 2.39. The van der Waals surface area contributed by atoms with Crippen LogP contribution in [-0.4, -0.2) is 25.1 Å². The second-order valence-corrected chi connectivity index (χ2v) is 1.54. The van der Waals surface area contributed by atoms with Crippen LogP contribution in [0.1, 0.15) is 0 Å². The minimum atomic E-state index is -4.67. The second-order valence-electron chi connectivity index (χ2n) is 1.54. The molecule has 0 aromatic carbocycles. The molecule has 0 aromatic heterocycles. The third-order valence-corrected chi connectivity index (χ3v) is 0.720. The number of hydrogen-bond acceptors (Lipinski definition) is 3. The molecule has 0 amide bonds. The lowest BCUT2D eigenvalue weighted by atomic mass is 10.4. The molecule has 0 aliphatic carbocycles. The normalized spacial score (nSPS) is 14.2. The van der Waals surface area contributed by atoms with Crippen molar-refractivity contribution < 1.29 is 32.2 Å². The maximum atomic E-state index is 11.8. The summed E-state index contributed by atoms with van der Waals surface area (Å²) in [6.45, 7) is -2.03. The predicted molar refractivity (Wildman–Crippen MR) is 22.3 cm³/mol. The summed E-state index contributed by atoms with van der Waals surface area (Å²) in [4.78, 5) is 9.33. The van der Waals surface area contributed by atoms with Crippen molar-refractivity contribution >= 4 is 6.16 Å². The lowest BCUT2D eigenvalue weighted by molar-refractivity contribution is -0.339. The molecule has 0 saturated carbocycles. The van der Waals surface area contributed by atoms with E-state index < -0.39 is 25.1 Å². The predicted octanol–water partition coefficient (Wildman–Crippen LogP) is 0.247. The standard InChI is InChI=1S/C4H4F4O3/c5-1-2(6)4(7,8)11-3(9)10/h2H,1H2,(H,9,10)/p-1. The first-order valence-corrected chi connectivity index (χ1v) is 2.38. The van der Waals surface area contributed by atoms with E-state index in [0.717, 1.165) is 0 Å². The molecular formula is C4H3F4O3-. The molecule has 1 atom stereocenters. The van der Waals surface area contributed by atoms with E-state index in [1.165, 1.54) is 0 Å². The van der Waals surface area contributed by atoms with Gasteiger partial charge in [0.2, 0.25) is 6.17 Å². The number of halogens is 4. The van der Waals surface area contributed by atoms with Crippen LogP contribution >= 0.6 is 0 Å². The highest BCUT2D eigenvalue weighted by Crippen LogP contribution is 2.23. The molecule has 0 spiro atoms. The van der Waals surface area contributed by atoms with Crippen molar-refractivity contribution in [3.05, 3.63) is 0 Å². The van der Waals surface area contributed by atoms with Gasteiger partial charge in [0.15, 0.2) is 0 Å². The monoisotopic (exact) mass is 175 g/mol. The van der Waals surface area contributed by atoms with Crippen molar-refractivity contribution in [2.75, 3.05) is 6.67 Å². The van der Waals surface area contributed by atoms with E-state index in [-0.39, 0.29) is 0 Å². The molecule has 1 unspecified atom stereocenters. The molecule has 0 bridgehead atoms. The molecule has 0 aliphatic heterocycles. The zero-order valence-corrected chi connectivity index (χ0v) is 5.02. The van der Waals surface area contributed by atoms with Gasteiger partial charge >= 0.3 is 6.11 Å². The van der Waals surface area contributed by atoms with Gasteiger partial charge in [-0.05, 0) is 0 Å². The Bertz CT molecular complexity index is 148. The van der Waals surface area contributed by atoms with Gasteiger partial charge in [0.05, 0.1) is 0 Å². The van der Waals surface area contributed by atoms with Gasteiger partial charge in [-0.15, -0.1) is 0 Å². The Hall–Kier alpha value is -1.01. The second kappa shape index (κ2) is 3.40. The maximum absolute atomic E-state index is 11.8. The lowest BCUT2D eigenvalue weighted by Crippen LogP contribution is -2.41. The average molecular weight is 175 g/mol. The van der Waals surface area contributed by atoms with Gasteiger partial charge in [0.1, 0.15) is 6.67 Å². The smallest absolute Gasteiger partial charge is 0.373 e. The van der Waals surface area contributed by atoms with Crippen molar-refractivity contribution in [1.29, 1.82) is 0 Å². The van der Waals surface area contributed by atoms with Crippen molar-refractivity contribution in [1.82, 2.24) is 0 Å². The number of hydrogen-bond donors (Lipinski definition) is 0. The summed E-state index contributed by atoms with van der Waals surface area (Å²) in [5.41, 5.74) is 0. The zero-order chi connectivity index (χ0) is 9.07. The van der Waals surface area contributed by atoms with E-state index in [1.807, 2.05) is 0 Å². The van der Waals surface area contributed by atoms with Gasteiger partial charge in [-0.3, -0.25) is 0 Å². The first-order chi connectivity index (χ1) is 4.90. The van der Waals surface area contributed by atoms with Crippen LogP contribution in [0.4, 0.5) is 22.4 Å². The third kappa shape index (κ3) is 3.06. The van der Waals surface area contributed by atoms with Crippen LogP contribution in [0, 0.1) is 0 Å². The summed E-state index contributed by atoms with van der Waals surface area (Å²) >= 11 is 0. The first-order valence-electron chi connectivity index (χ1n) is 2.38. The minimum absolute atomic E-state index is 2.03. The van der Waals surface area contributed by atoms with Crippen LogP contribution in [0.5, 0.6) is 0 Å². The van der Waals surface area contributed by atoms with E-state index in [2.05, 4.69) is 4.74 Å². The highest BCUT2D eigenvalue weighted by molar-refractivity contribution is 5.54. The van der Waals surface area contributed by atoms with Gasteiger partial charge in [0.25, 0.3) is 6.16 Å². The molecule has 7 heteroatoms. The average Bonchev–Trinajstić information content (AvgIpc) is 1.83. The Morgan fingerprint density at radius 1 is 1.64 bits per heavy atom. The summed E-state index contributed by atoms with van der Waals surface area (Å²) in [6.07, 6.45) is -10.6. The number of rotatable bonds is 3. The summed E-state index contributed by atoms with van der Waals surface area (Å²) in [5.74, 6) is 0. The third-order valence-electron chi connectivity index (χ3n) is 0.720. The van der Waals surface area contributed by atoms with Crippen LogP contribution in [0.25, 0.3) is 0 Å². The number of carboxylic acid groups (broad SMARTS) is 1. The quantitative estimate of drug-likeness (QED) is 0.456. The Morgan fingerprint density at radius 3 is 2.36 bits per heavy atom. The molecule has 11 heavy (non-hydrogen) atoms. The summed E-state index contributed by atoms with van der Waals surface area (Å²) in [7, 11) is 0. The number of alkyl halides is 4. The highest BCUT2D eigenvalue weighted by atomic mass is 19.3. The first kappa shape index (κ1) is 9.99. The molecule has 0 rings (SSSR count). The molecule has 0 fully saturated rings. The van der Waals surface area contributed by atoms with Crippen molar-refractivity contribution in [3.8, 4) is 0 Å². The summed E-state index contributed by atoms with van der Waals surface area (Å²) < 4.78 is 49.2. The van der Waals surface area contributed by atoms with E-state index in [9.17, 15) is 27.5 Å². The van der Waals surface area contributed by atoms with Crippen LogP contribution in [0.15, 0.2) is 0 Å².